The summed E-state index contributed by atoms with van der Waals surface area (Å²) in [4.78, 5) is 12.3. The molecule has 3 aromatic rings. The van der Waals surface area contributed by atoms with E-state index < -0.39 is 11.7 Å². The van der Waals surface area contributed by atoms with E-state index in [2.05, 4.69) is 0 Å². The van der Waals surface area contributed by atoms with Crippen molar-refractivity contribution in [3.8, 4) is 11.1 Å². The van der Waals surface area contributed by atoms with Crippen molar-refractivity contribution in [2.24, 2.45) is 0 Å². The van der Waals surface area contributed by atoms with Gasteiger partial charge in [0.1, 0.15) is 0 Å². The van der Waals surface area contributed by atoms with Crippen LogP contribution in [0.25, 0.3) is 21.9 Å². The van der Waals surface area contributed by atoms with Crippen LogP contribution in [0, 0.1) is 0 Å². The summed E-state index contributed by atoms with van der Waals surface area (Å²) in [7, 11) is 0. The maximum Gasteiger partial charge on any atom is 0.416 e. The van der Waals surface area contributed by atoms with Gasteiger partial charge in [-0.15, -0.1) is 0 Å². The lowest BCUT2D eigenvalue weighted by molar-refractivity contribution is -0.137. The van der Waals surface area contributed by atoms with Crippen LogP contribution in [0.2, 0.25) is 0 Å². The van der Waals surface area contributed by atoms with Gasteiger partial charge in [0.15, 0.2) is 5.78 Å². The molecule has 0 amide bonds. The number of halogens is 3. The predicted molar refractivity (Wildman–Crippen MR) is 87.0 cm³/mol. The molecule has 120 valence electrons. The summed E-state index contributed by atoms with van der Waals surface area (Å²) in [6.07, 6.45) is -3.22. The normalized spacial score (nSPS) is 14.2. The van der Waals surface area contributed by atoms with Crippen molar-refractivity contribution >= 4 is 16.6 Å². The van der Waals surface area contributed by atoms with Crippen molar-refractivity contribution in [3.05, 3.63) is 71.3 Å². The minimum absolute atomic E-state index is 0.0608. The Hall–Kier alpha value is -2.62. The maximum absolute atomic E-state index is 12.8. The Labute approximate surface area is 136 Å². The van der Waals surface area contributed by atoms with Gasteiger partial charge >= 0.3 is 6.18 Å². The topological polar surface area (TPSA) is 17.1 Å². The van der Waals surface area contributed by atoms with Crippen molar-refractivity contribution in [2.45, 2.75) is 19.0 Å². The summed E-state index contributed by atoms with van der Waals surface area (Å²) >= 11 is 0. The first-order valence-corrected chi connectivity index (χ1v) is 7.70. The molecular formula is C20H13F3O. The minimum atomic E-state index is -4.37. The van der Waals surface area contributed by atoms with Crippen LogP contribution in [-0.2, 0) is 12.6 Å². The number of alkyl halides is 3. The van der Waals surface area contributed by atoms with E-state index in [4.69, 9.17) is 0 Å². The summed E-state index contributed by atoms with van der Waals surface area (Å²) in [6, 6.07) is 14.7. The molecule has 24 heavy (non-hydrogen) atoms. The minimum Gasteiger partial charge on any atom is -0.294 e. The molecule has 3 aromatic carbocycles. The summed E-state index contributed by atoms with van der Waals surface area (Å²) in [5.74, 6) is 0.0608. The van der Waals surface area contributed by atoms with Gasteiger partial charge in [0, 0.05) is 17.5 Å². The Morgan fingerprint density at radius 1 is 0.833 bits per heavy atom. The molecule has 0 radical (unpaired) electrons. The first-order valence-electron chi connectivity index (χ1n) is 7.70. The summed E-state index contributed by atoms with van der Waals surface area (Å²) in [5.41, 5.74) is 2.35. The van der Waals surface area contributed by atoms with Gasteiger partial charge < -0.3 is 0 Å². The number of hydrogen-bond acceptors (Lipinski definition) is 1. The molecule has 0 aliphatic heterocycles. The number of aryl methyl sites for hydroxylation is 1. The van der Waals surface area contributed by atoms with Crippen LogP contribution < -0.4 is 0 Å². The number of fused-ring (bicyclic) bond motifs is 2. The number of carbonyl (C=O) groups excluding carboxylic acids is 1. The Morgan fingerprint density at radius 3 is 2.25 bits per heavy atom. The summed E-state index contributed by atoms with van der Waals surface area (Å²) < 4.78 is 38.4. The highest BCUT2D eigenvalue weighted by atomic mass is 19.4. The molecule has 0 atom stereocenters. The SMILES string of the molecule is O=C1CCc2cc3ccccc3c(-c3ccc(C(F)(F)F)cc3)c21. The number of ketones is 1. The van der Waals surface area contributed by atoms with Crippen molar-refractivity contribution < 1.29 is 18.0 Å². The first kappa shape index (κ1) is 14.9. The Bertz CT molecular complexity index is 953. The highest BCUT2D eigenvalue weighted by Crippen LogP contribution is 2.39. The highest BCUT2D eigenvalue weighted by molar-refractivity contribution is 6.13. The first-order chi connectivity index (χ1) is 11.4. The lowest BCUT2D eigenvalue weighted by atomic mass is 9.90. The fourth-order valence-corrected chi connectivity index (χ4v) is 3.42. The van der Waals surface area contributed by atoms with Crippen LogP contribution >= 0.6 is 0 Å². The molecule has 1 nitrogen and oxygen atoms in total. The molecule has 1 aliphatic rings. The number of hydrogen-bond donors (Lipinski definition) is 0. The van der Waals surface area contributed by atoms with Gasteiger partial charge in [-0.1, -0.05) is 42.5 Å². The van der Waals surface area contributed by atoms with E-state index in [0.29, 0.717) is 24.0 Å². The monoisotopic (exact) mass is 326 g/mol. The molecule has 0 bridgehead atoms. The molecule has 0 N–H and O–H groups in total. The predicted octanol–water partition coefficient (Wildman–Crippen LogP) is 5.65. The van der Waals surface area contributed by atoms with Gasteiger partial charge in [0.2, 0.25) is 0 Å². The molecular weight excluding hydrogens is 313 g/mol. The lowest BCUT2D eigenvalue weighted by Gasteiger charge is -2.14. The van der Waals surface area contributed by atoms with Gasteiger partial charge in [0.25, 0.3) is 0 Å². The third-order valence-corrected chi connectivity index (χ3v) is 4.53. The molecule has 4 heteroatoms. The zero-order chi connectivity index (χ0) is 16.9. The second-order valence-electron chi connectivity index (χ2n) is 6.01. The Balaban J connectivity index is 1.99. The summed E-state index contributed by atoms with van der Waals surface area (Å²) in [5, 5.41) is 1.90. The van der Waals surface area contributed by atoms with Gasteiger partial charge in [-0.25, -0.2) is 0 Å². The van der Waals surface area contributed by atoms with E-state index in [1.807, 2.05) is 30.3 Å². The quantitative estimate of drug-likeness (QED) is 0.564. The van der Waals surface area contributed by atoms with Crippen LogP contribution in [0.1, 0.15) is 27.9 Å². The standard InChI is InChI=1S/C20H13F3O/c21-20(22,23)15-8-5-12(6-9-15)18-16-4-2-1-3-13(16)11-14-7-10-17(24)19(14)18/h1-6,8-9,11H,7,10H2. The van der Waals surface area contributed by atoms with Crippen molar-refractivity contribution in [2.75, 3.05) is 0 Å². The Morgan fingerprint density at radius 2 is 1.54 bits per heavy atom. The second-order valence-corrected chi connectivity index (χ2v) is 6.01. The molecule has 0 heterocycles. The van der Waals surface area contributed by atoms with E-state index in [1.165, 1.54) is 12.1 Å². The van der Waals surface area contributed by atoms with Crippen molar-refractivity contribution in [1.29, 1.82) is 0 Å². The molecule has 0 aromatic heterocycles. The van der Waals surface area contributed by atoms with E-state index in [9.17, 15) is 18.0 Å². The van der Waals surface area contributed by atoms with E-state index in [0.717, 1.165) is 34.0 Å². The van der Waals surface area contributed by atoms with Gasteiger partial charge in [-0.3, -0.25) is 4.79 Å². The molecule has 0 saturated carbocycles. The van der Waals surface area contributed by atoms with E-state index in [-0.39, 0.29) is 5.78 Å². The fourth-order valence-electron chi connectivity index (χ4n) is 3.42. The molecule has 1 aliphatic carbocycles. The molecule has 0 fully saturated rings. The van der Waals surface area contributed by atoms with Crippen LogP contribution in [0.3, 0.4) is 0 Å². The van der Waals surface area contributed by atoms with Crippen LogP contribution in [0.15, 0.2) is 54.6 Å². The fraction of sp³-hybridized carbons (Fsp3) is 0.150. The average Bonchev–Trinajstić information content (AvgIpc) is 2.93. The zero-order valence-electron chi connectivity index (χ0n) is 12.7. The highest BCUT2D eigenvalue weighted by Gasteiger charge is 2.31. The number of Topliss-reactive ketones (excluding diaryl/α,β-unsaturated/α-hetero) is 1. The smallest absolute Gasteiger partial charge is 0.294 e. The molecule has 4 rings (SSSR count). The maximum atomic E-state index is 12.8. The van der Waals surface area contributed by atoms with Crippen LogP contribution in [-0.4, -0.2) is 5.78 Å². The average molecular weight is 326 g/mol. The van der Waals surface area contributed by atoms with Gasteiger partial charge in [-0.2, -0.15) is 13.2 Å². The van der Waals surface area contributed by atoms with E-state index in [1.54, 1.807) is 0 Å². The van der Waals surface area contributed by atoms with Gasteiger partial charge in [-0.05, 0) is 40.5 Å². The molecule has 0 spiro atoms. The lowest BCUT2D eigenvalue weighted by Crippen LogP contribution is -2.04. The van der Waals surface area contributed by atoms with Gasteiger partial charge in [0.05, 0.1) is 5.56 Å². The molecule has 0 unspecified atom stereocenters. The Kier molecular flexibility index (Phi) is 3.23. The van der Waals surface area contributed by atoms with Crippen LogP contribution in [0.4, 0.5) is 13.2 Å². The van der Waals surface area contributed by atoms with Crippen LogP contribution in [0.5, 0.6) is 0 Å². The number of benzene rings is 3. The molecule has 0 saturated heterocycles. The third-order valence-electron chi connectivity index (χ3n) is 4.53. The zero-order valence-corrected chi connectivity index (χ0v) is 12.7. The van der Waals surface area contributed by atoms with Crippen molar-refractivity contribution in [1.82, 2.24) is 0 Å². The summed E-state index contributed by atoms with van der Waals surface area (Å²) in [6.45, 7) is 0. The number of rotatable bonds is 1. The second kappa shape index (κ2) is 5.20. The third kappa shape index (κ3) is 2.30. The largest absolute Gasteiger partial charge is 0.416 e. The number of carbonyl (C=O) groups is 1. The van der Waals surface area contributed by atoms with Crippen molar-refractivity contribution in [3.63, 3.8) is 0 Å². The van der Waals surface area contributed by atoms with E-state index >= 15 is 0 Å².